The summed E-state index contributed by atoms with van der Waals surface area (Å²) in [5.41, 5.74) is 2.59. The zero-order valence-corrected chi connectivity index (χ0v) is 13.2. The number of methoxy groups -OCH3 is 3. The van der Waals surface area contributed by atoms with Crippen LogP contribution >= 0.6 is 0 Å². The van der Waals surface area contributed by atoms with E-state index < -0.39 is 0 Å². The first-order valence-electron chi connectivity index (χ1n) is 7.04. The number of benzene rings is 2. The Labute approximate surface area is 134 Å². The lowest BCUT2D eigenvalue weighted by molar-refractivity contribution is 0.354. The Kier molecular flexibility index (Phi) is 4.14. The molecule has 0 aliphatic carbocycles. The van der Waals surface area contributed by atoms with Gasteiger partial charge in [0.2, 0.25) is 0 Å². The van der Waals surface area contributed by atoms with E-state index in [0.717, 1.165) is 22.7 Å². The molecule has 6 nitrogen and oxygen atoms in total. The van der Waals surface area contributed by atoms with Crippen molar-refractivity contribution in [3.05, 3.63) is 48.7 Å². The van der Waals surface area contributed by atoms with Gasteiger partial charge in [0.1, 0.15) is 11.4 Å². The molecule has 6 heteroatoms. The minimum atomic E-state index is 0.645. The lowest BCUT2D eigenvalue weighted by atomic mass is 10.1. The molecule has 1 aromatic heterocycles. The molecule has 0 aliphatic heterocycles. The molecule has 0 amide bonds. The average molecular weight is 311 g/mol. The van der Waals surface area contributed by atoms with Crippen molar-refractivity contribution in [2.24, 2.45) is 0 Å². The standard InChI is InChI=1S/C17H17N3O3/c1-21-14-7-4-12(5-8-14)15-11-20(19-18-15)13-6-9-16(22-2)17(10-13)23-3/h4-11H,1-3H3. The lowest BCUT2D eigenvalue weighted by Gasteiger charge is -2.08. The van der Waals surface area contributed by atoms with Crippen LogP contribution in [0.4, 0.5) is 0 Å². The van der Waals surface area contributed by atoms with Crippen molar-refractivity contribution >= 4 is 0 Å². The fourth-order valence-electron chi connectivity index (χ4n) is 2.25. The Bertz CT molecular complexity index is 797. The van der Waals surface area contributed by atoms with E-state index in [1.54, 1.807) is 26.0 Å². The third-order valence-corrected chi connectivity index (χ3v) is 3.51. The minimum Gasteiger partial charge on any atom is -0.497 e. The number of ether oxygens (including phenoxy) is 3. The van der Waals surface area contributed by atoms with Gasteiger partial charge in [-0.05, 0) is 36.4 Å². The highest BCUT2D eigenvalue weighted by Gasteiger charge is 2.09. The molecule has 0 unspecified atom stereocenters. The van der Waals surface area contributed by atoms with Crippen LogP contribution in [0.5, 0.6) is 17.2 Å². The zero-order valence-electron chi connectivity index (χ0n) is 13.2. The van der Waals surface area contributed by atoms with Crippen LogP contribution in [-0.2, 0) is 0 Å². The second-order valence-electron chi connectivity index (χ2n) is 4.82. The quantitative estimate of drug-likeness (QED) is 0.725. The number of nitrogens with zero attached hydrogens (tertiary/aromatic N) is 3. The highest BCUT2D eigenvalue weighted by atomic mass is 16.5. The smallest absolute Gasteiger partial charge is 0.162 e. The van der Waals surface area contributed by atoms with Crippen LogP contribution in [0.25, 0.3) is 16.9 Å². The first-order valence-corrected chi connectivity index (χ1v) is 7.04. The van der Waals surface area contributed by atoms with Crippen molar-refractivity contribution in [2.45, 2.75) is 0 Å². The molecule has 2 aromatic carbocycles. The van der Waals surface area contributed by atoms with Gasteiger partial charge in [-0.3, -0.25) is 0 Å². The third kappa shape index (κ3) is 2.96. The third-order valence-electron chi connectivity index (χ3n) is 3.51. The van der Waals surface area contributed by atoms with E-state index in [0.29, 0.717) is 11.5 Å². The number of hydrogen-bond acceptors (Lipinski definition) is 5. The van der Waals surface area contributed by atoms with Gasteiger partial charge in [0, 0.05) is 11.6 Å². The summed E-state index contributed by atoms with van der Waals surface area (Å²) < 4.78 is 17.4. The molecule has 0 N–H and O–H groups in total. The van der Waals surface area contributed by atoms with E-state index in [9.17, 15) is 0 Å². The molecule has 3 rings (SSSR count). The van der Waals surface area contributed by atoms with Crippen LogP contribution in [0, 0.1) is 0 Å². The maximum Gasteiger partial charge on any atom is 0.162 e. The minimum absolute atomic E-state index is 0.645. The molecular formula is C17H17N3O3. The van der Waals surface area contributed by atoms with E-state index in [-0.39, 0.29) is 0 Å². The zero-order chi connectivity index (χ0) is 16.2. The van der Waals surface area contributed by atoms with Crippen LogP contribution in [-0.4, -0.2) is 36.3 Å². The van der Waals surface area contributed by atoms with Crippen molar-refractivity contribution in [3.63, 3.8) is 0 Å². The Balaban J connectivity index is 1.92. The molecule has 0 fully saturated rings. The van der Waals surface area contributed by atoms with Crippen LogP contribution < -0.4 is 14.2 Å². The van der Waals surface area contributed by atoms with Crippen LogP contribution in [0.1, 0.15) is 0 Å². The van der Waals surface area contributed by atoms with Gasteiger partial charge in [0.15, 0.2) is 11.5 Å². The highest BCUT2D eigenvalue weighted by Crippen LogP contribution is 2.29. The molecule has 0 atom stereocenters. The molecule has 0 saturated carbocycles. The summed E-state index contributed by atoms with van der Waals surface area (Å²) in [5.74, 6) is 2.12. The van der Waals surface area contributed by atoms with Crippen LogP contribution in [0.2, 0.25) is 0 Å². The first kappa shape index (κ1) is 14.9. The second-order valence-corrected chi connectivity index (χ2v) is 4.82. The van der Waals surface area contributed by atoms with E-state index >= 15 is 0 Å². The molecular weight excluding hydrogens is 294 g/mol. The Hall–Kier alpha value is -3.02. The van der Waals surface area contributed by atoms with E-state index in [1.165, 1.54) is 0 Å². The number of aromatic nitrogens is 3. The Morgan fingerprint density at radius 2 is 1.57 bits per heavy atom. The highest BCUT2D eigenvalue weighted by molar-refractivity contribution is 5.59. The summed E-state index contributed by atoms with van der Waals surface area (Å²) in [4.78, 5) is 0. The van der Waals surface area contributed by atoms with Gasteiger partial charge < -0.3 is 14.2 Å². The summed E-state index contributed by atoms with van der Waals surface area (Å²) in [7, 11) is 4.85. The SMILES string of the molecule is COc1ccc(-c2cn(-c3ccc(OC)c(OC)c3)nn2)cc1. The molecule has 3 aromatic rings. The first-order chi connectivity index (χ1) is 11.2. The lowest BCUT2D eigenvalue weighted by Crippen LogP contribution is -1.97. The molecule has 0 radical (unpaired) electrons. The van der Waals surface area contributed by atoms with Crippen molar-refractivity contribution in [2.75, 3.05) is 21.3 Å². The second kappa shape index (κ2) is 6.39. The molecule has 23 heavy (non-hydrogen) atoms. The largest absolute Gasteiger partial charge is 0.497 e. The van der Waals surface area contributed by atoms with Gasteiger partial charge in [-0.15, -0.1) is 5.10 Å². The maximum absolute atomic E-state index is 5.31. The predicted molar refractivity (Wildman–Crippen MR) is 86.5 cm³/mol. The van der Waals surface area contributed by atoms with Gasteiger partial charge in [-0.2, -0.15) is 0 Å². The van der Waals surface area contributed by atoms with Crippen molar-refractivity contribution in [1.29, 1.82) is 0 Å². The molecule has 0 saturated heterocycles. The van der Waals surface area contributed by atoms with Crippen molar-refractivity contribution in [1.82, 2.24) is 15.0 Å². The average Bonchev–Trinajstić information content (AvgIpc) is 3.11. The van der Waals surface area contributed by atoms with E-state index in [2.05, 4.69) is 10.3 Å². The molecule has 1 heterocycles. The summed E-state index contributed by atoms with van der Waals surface area (Å²) in [6, 6.07) is 13.3. The Morgan fingerprint density at radius 3 is 2.22 bits per heavy atom. The molecule has 118 valence electrons. The van der Waals surface area contributed by atoms with Gasteiger partial charge in [0.25, 0.3) is 0 Å². The van der Waals surface area contributed by atoms with Gasteiger partial charge >= 0.3 is 0 Å². The van der Waals surface area contributed by atoms with Crippen molar-refractivity contribution in [3.8, 4) is 34.2 Å². The maximum atomic E-state index is 5.31. The van der Waals surface area contributed by atoms with Crippen molar-refractivity contribution < 1.29 is 14.2 Å². The summed E-state index contributed by atoms with van der Waals surface area (Å²) in [6.07, 6.45) is 1.86. The van der Waals surface area contributed by atoms with E-state index in [1.807, 2.05) is 48.7 Å². The number of hydrogen-bond donors (Lipinski definition) is 0. The Morgan fingerprint density at radius 1 is 0.826 bits per heavy atom. The van der Waals surface area contributed by atoms with Gasteiger partial charge in [-0.25, -0.2) is 4.68 Å². The topological polar surface area (TPSA) is 58.4 Å². The van der Waals surface area contributed by atoms with Gasteiger partial charge in [0.05, 0.1) is 33.2 Å². The van der Waals surface area contributed by atoms with E-state index in [4.69, 9.17) is 14.2 Å². The fourth-order valence-corrected chi connectivity index (χ4v) is 2.25. The predicted octanol–water partition coefficient (Wildman–Crippen LogP) is 2.96. The van der Waals surface area contributed by atoms with Crippen LogP contribution in [0.3, 0.4) is 0 Å². The monoisotopic (exact) mass is 311 g/mol. The normalized spacial score (nSPS) is 10.4. The molecule has 0 spiro atoms. The molecule has 0 aliphatic rings. The summed E-state index contributed by atoms with van der Waals surface area (Å²) in [6.45, 7) is 0. The fraction of sp³-hybridized carbons (Fsp3) is 0.176. The van der Waals surface area contributed by atoms with Gasteiger partial charge in [-0.1, -0.05) is 5.21 Å². The van der Waals surface area contributed by atoms with Crippen LogP contribution in [0.15, 0.2) is 48.7 Å². The summed E-state index contributed by atoms with van der Waals surface area (Å²) >= 11 is 0. The number of rotatable bonds is 5. The summed E-state index contributed by atoms with van der Waals surface area (Å²) in [5, 5.41) is 8.39. The molecule has 0 bridgehead atoms.